The summed E-state index contributed by atoms with van der Waals surface area (Å²) in [6.07, 6.45) is 2.82. The molecule has 124 valence electrons. The van der Waals surface area contributed by atoms with E-state index in [0.717, 1.165) is 30.5 Å². The largest absolute Gasteiger partial charge is 0.380 e. The van der Waals surface area contributed by atoms with Crippen molar-refractivity contribution in [2.75, 3.05) is 20.7 Å². The Labute approximate surface area is 141 Å². The van der Waals surface area contributed by atoms with Crippen LogP contribution in [0.4, 0.5) is 0 Å². The molecule has 1 aromatic carbocycles. The van der Waals surface area contributed by atoms with Gasteiger partial charge in [-0.3, -0.25) is 4.99 Å². The van der Waals surface area contributed by atoms with Crippen LogP contribution in [0.5, 0.6) is 0 Å². The minimum absolute atomic E-state index is 0.646. The molecule has 0 unspecified atom stereocenters. The van der Waals surface area contributed by atoms with Crippen molar-refractivity contribution in [1.82, 2.24) is 15.6 Å². The molecule has 1 aromatic heterocycles. The molecule has 1 heterocycles. The first-order valence-corrected chi connectivity index (χ1v) is 8.45. The number of hydrogen-bond acceptors (Lipinski definition) is 4. The Morgan fingerprint density at radius 1 is 1.22 bits per heavy atom. The molecule has 0 saturated heterocycles. The third kappa shape index (κ3) is 6.00. The van der Waals surface area contributed by atoms with Crippen molar-refractivity contribution in [1.29, 1.82) is 0 Å². The van der Waals surface area contributed by atoms with Gasteiger partial charge in [0.15, 0.2) is 5.96 Å². The van der Waals surface area contributed by atoms with Gasteiger partial charge in [0, 0.05) is 44.7 Å². The second-order valence-electron chi connectivity index (χ2n) is 5.22. The van der Waals surface area contributed by atoms with Gasteiger partial charge in [0.05, 0.1) is 11.6 Å². The van der Waals surface area contributed by atoms with Crippen LogP contribution >= 0.6 is 11.3 Å². The normalized spacial score (nSPS) is 11.5. The van der Waals surface area contributed by atoms with E-state index in [1.165, 1.54) is 16.0 Å². The zero-order valence-electron chi connectivity index (χ0n) is 13.9. The number of guanidine groups is 1. The van der Waals surface area contributed by atoms with Crippen molar-refractivity contribution in [3.05, 3.63) is 51.5 Å². The molecule has 0 bridgehead atoms. The van der Waals surface area contributed by atoms with Gasteiger partial charge in [-0.1, -0.05) is 24.3 Å². The highest BCUT2D eigenvalue weighted by Crippen LogP contribution is 2.10. The summed E-state index contributed by atoms with van der Waals surface area (Å²) in [4.78, 5) is 9.86. The van der Waals surface area contributed by atoms with E-state index in [2.05, 4.69) is 51.8 Å². The molecule has 6 heteroatoms. The van der Waals surface area contributed by atoms with Gasteiger partial charge in [0.1, 0.15) is 0 Å². The van der Waals surface area contributed by atoms with E-state index in [-0.39, 0.29) is 0 Å². The van der Waals surface area contributed by atoms with Crippen molar-refractivity contribution in [2.24, 2.45) is 4.99 Å². The molecular formula is C17H24N4OS. The molecule has 0 fully saturated rings. The number of methoxy groups -OCH3 is 1. The highest BCUT2D eigenvalue weighted by Gasteiger charge is 2.01. The van der Waals surface area contributed by atoms with Gasteiger partial charge < -0.3 is 15.4 Å². The summed E-state index contributed by atoms with van der Waals surface area (Å²) in [6.45, 7) is 4.28. The van der Waals surface area contributed by atoms with Gasteiger partial charge in [0.2, 0.25) is 0 Å². The number of aliphatic imine (C=N–C) groups is 1. The van der Waals surface area contributed by atoms with Crippen LogP contribution in [0.2, 0.25) is 0 Å². The quantitative estimate of drug-likeness (QED) is 0.604. The molecule has 2 aromatic rings. The molecule has 0 aliphatic rings. The fourth-order valence-electron chi connectivity index (χ4n) is 2.13. The van der Waals surface area contributed by atoms with Crippen molar-refractivity contribution < 1.29 is 4.74 Å². The summed E-state index contributed by atoms with van der Waals surface area (Å²) >= 11 is 1.74. The van der Waals surface area contributed by atoms with Crippen molar-refractivity contribution in [3.63, 3.8) is 0 Å². The second kappa shape index (κ2) is 9.27. The van der Waals surface area contributed by atoms with Crippen LogP contribution < -0.4 is 10.6 Å². The zero-order valence-corrected chi connectivity index (χ0v) is 14.7. The van der Waals surface area contributed by atoms with Gasteiger partial charge in [-0.15, -0.1) is 11.3 Å². The van der Waals surface area contributed by atoms with Gasteiger partial charge in [-0.05, 0) is 18.1 Å². The van der Waals surface area contributed by atoms with E-state index < -0.39 is 0 Å². The van der Waals surface area contributed by atoms with Crippen LogP contribution in [0.25, 0.3) is 0 Å². The smallest absolute Gasteiger partial charge is 0.191 e. The molecule has 0 amide bonds. The summed E-state index contributed by atoms with van der Waals surface area (Å²) in [5, 5.41) is 7.79. The van der Waals surface area contributed by atoms with E-state index in [4.69, 9.17) is 4.74 Å². The summed E-state index contributed by atoms with van der Waals surface area (Å²) in [7, 11) is 3.49. The Bertz CT molecular complexity index is 622. The van der Waals surface area contributed by atoms with E-state index in [9.17, 15) is 0 Å². The van der Waals surface area contributed by atoms with Crippen molar-refractivity contribution in [2.45, 2.75) is 26.5 Å². The minimum Gasteiger partial charge on any atom is -0.380 e. The van der Waals surface area contributed by atoms with E-state index in [0.29, 0.717) is 6.61 Å². The Morgan fingerprint density at radius 2 is 1.96 bits per heavy atom. The Balaban J connectivity index is 1.74. The first kappa shape index (κ1) is 17.4. The Kier molecular flexibility index (Phi) is 7.03. The highest BCUT2D eigenvalue weighted by atomic mass is 32.1. The van der Waals surface area contributed by atoms with E-state index in [1.54, 1.807) is 25.5 Å². The van der Waals surface area contributed by atoms with Crippen LogP contribution in [0, 0.1) is 6.92 Å². The number of rotatable bonds is 7. The maximum absolute atomic E-state index is 5.12. The molecule has 0 aliphatic carbocycles. The topological polar surface area (TPSA) is 58.5 Å². The van der Waals surface area contributed by atoms with Crippen LogP contribution in [-0.2, 0) is 24.3 Å². The second-order valence-corrected chi connectivity index (χ2v) is 6.54. The summed E-state index contributed by atoms with van der Waals surface area (Å²) in [6, 6.07) is 8.38. The van der Waals surface area contributed by atoms with Crippen LogP contribution in [0.3, 0.4) is 0 Å². The number of ether oxygens (including phenoxy) is 1. The molecule has 23 heavy (non-hydrogen) atoms. The first-order valence-electron chi connectivity index (χ1n) is 7.64. The predicted molar refractivity (Wildman–Crippen MR) is 95.9 cm³/mol. The molecule has 2 N–H and O–H groups in total. The average Bonchev–Trinajstić information content (AvgIpc) is 2.98. The predicted octanol–water partition coefficient (Wildman–Crippen LogP) is 2.51. The summed E-state index contributed by atoms with van der Waals surface area (Å²) in [5.74, 6) is 0.805. The standard InChI is InChI=1S/C17H24N4OS/c1-13-10-20-16(23-13)8-9-19-17(18-2)21-11-14-4-6-15(7-5-14)12-22-3/h4-7,10H,8-9,11-12H2,1-3H3,(H2,18,19,21). The number of nitrogens with one attached hydrogen (secondary N) is 2. The van der Waals surface area contributed by atoms with Gasteiger partial charge in [-0.2, -0.15) is 0 Å². The van der Waals surface area contributed by atoms with E-state index in [1.807, 2.05) is 6.20 Å². The maximum atomic E-state index is 5.12. The van der Waals surface area contributed by atoms with Crippen LogP contribution in [0.1, 0.15) is 21.0 Å². The van der Waals surface area contributed by atoms with Crippen LogP contribution in [0.15, 0.2) is 35.5 Å². The number of thiazole rings is 1. The monoisotopic (exact) mass is 332 g/mol. The lowest BCUT2D eigenvalue weighted by molar-refractivity contribution is 0.185. The molecule has 0 atom stereocenters. The number of hydrogen-bond donors (Lipinski definition) is 2. The zero-order chi connectivity index (χ0) is 16.5. The lowest BCUT2D eigenvalue weighted by atomic mass is 10.1. The number of nitrogens with zero attached hydrogens (tertiary/aromatic N) is 2. The SMILES string of the molecule is CN=C(NCCc1ncc(C)s1)NCc1ccc(COC)cc1. The Hall–Kier alpha value is -1.92. The maximum Gasteiger partial charge on any atom is 0.191 e. The average molecular weight is 332 g/mol. The molecule has 0 radical (unpaired) electrons. The van der Waals surface area contributed by atoms with Gasteiger partial charge in [-0.25, -0.2) is 4.98 Å². The van der Waals surface area contributed by atoms with E-state index >= 15 is 0 Å². The fourth-order valence-corrected chi connectivity index (χ4v) is 2.92. The number of aryl methyl sites for hydroxylation is 1. The first-order chi connectivity index (χ1) is 11.2. The molecule has 5 nitrogen and oxygen atoms in total. The molecule has 0 spiro atoms. The fraction of sp³-hybridized carbons (Fsp3) is 0.412. The van der Waals surface area contributed by atoms with Gasteiger partial charge in [0.25, 0.3) is 0 Å². The molecule has 0 saturated carbocycles. The lowest BCUT2D eigenvalue weighted by Gasteiger charge is -2.11. The number of benzene rings is 1. The van der Waals surface area contributed by atoms with Gasteiger partial charge >= 0.3 is 0 Å². The molecule has 2 rings (SSSR count). The summed E-state index contributed by atoms with van der Waals surface area (Å²) in [5.41, 5.74) is 2.39. The summed E-state index contributed by atoms with van der Waals surface area (Å²) < 4.78 is 5.12. The molecule has 0 aliphatic heterocycles. The minimum atomic E-state index is 0.646. The Morgan fingerprint density at radius 3 is 2.57 bits per heavy atom. The third-order valence-corrected chi connectivity index (χ3v) is 4.29. The molecular weight excluding hydrogens is 308 g/mol. The highest BCUT2D eigenvalue weighted by molar-refractivity contribution is 7.11. The van der Waals surface area contributed by atoms with Crippen molar-refractivity contribution in [3.8, 4) is 0 Å². The third-order valence-electron chi connectivity index (χ3n) is 3.32. The number of aromatic nitrogens is 1. The van der Waals surface area contributed by atoms with Crippen molar-refractivity contribution >= 4 is 17.3 Å². The lowest BCUT2D eigenvalue weighted by Crippen LogP contribution is -2.37. The van der Waals surface area contributed by atoms with Crippen LogP contribution in [-0.4, -0.2) is 31.6 Å².